The lowest BCUT2D eigenvalue weighted by molar-refractivity contribution is 0.332. The van der Waals surface area contributed by atoms with Crippen LogP contribution in [0.1, 0.15) is 0 Å². The maximum absolute atomic E-state index is 10.7. The molecular weight excluding hydrogens is 212 g/mol. The van der Waals surface area contributed by atoms with Crippen molar-refractivity contribution in [3.63, 3.8) is 0 Å². The average Bonchev–Trinajstić information content (AvgIpc) is 2.42. The summed E-state index contributed by atoms with van der Waals surface area (Å²) in [5.74, 6) is 1.93. The number of hydrogen-bond acceptors (Lipinski definition) is 3. The number of piperazine rings is 1. The van der Waals surface area contributed by atoms with Gasteiger partial charge in [-0.1, -0.05) is 24.8 Å². The Kier molecular flexibility index (Phi) is 3.63. The van der Waals surface area contributed by atoms with Crippen LogP contribution in [0.3, 0.4) is 0 Å². The third-order valence-electron chi connectivity index (χ3n) is 3.04. The maximum Gasteiger partial charge on any atom is 0.150 e. The van der Waals surface area contributed by atoms with Gasteiger partial charge in [-0.2, -0.15) is 0 Å². The Morgan fingerprint density at radius 2 is 1.82 bits per heavy atom. The van der Waals surface area contributed by atoms with E-state index in [1.165, 1.54) is 5.69 Å². The minimum atomic E-state index is 0.567. The quantitative estimate of drug-likeness (QED) is 0.581. The predicted molar refractivity (Wildman–Crippen MR) is 69.6 cm³/mol. The molecule has 2 rings (SSSR count). The van der Waals surface area contributed by atoms with Gasteiger partial charge in [0.25, 0.3) is 0 Å². The van der Waals surface area contributed by atoms with Crippen molar-refractivity contribution in [1.82, 2.24) is 4.90 Å². The zero-order valence-electron chi connectivity index (χ0n) is 9.80. The Labute approximate surface area is 102 Å². The van der Waals surface area contributed by atoms with E-state index in [9.17, 15) is 4.79 Å². The molecule has 1 aromatic rings. The van der Waals surface area contributed by atoms with E-state index in [0.29, 0.717) is 5.70 Å². The molecule has 1 aliphatic rings. The van der Waals surface area contributed by atoms with E-state index in [0.717, 1.165) is 26.2 Å². The van der Waals surface area contributed by atoms with Crippen LogP contribution in [-0.4, -0.2) is 37.0 Å². The van der Waals surface area contributed by atoms with Crippen molar-refractivity contribution in [3.05, 3.63) is 48.7 Å². The van der Waals surface area contributed by atoms with Crippen molar-refractivity contribution in [1.29, 1.82) is 0 Å². The van der Waals surface area contributed by atoms with Crippen molar-refractivity contribution < 1.29 is 4.79 Å². The number of rotatable bonds is 3. The molecule has 0 aliphatic carbocycles. The van der Waals surface area contributed by atoms with Crippen LogP contribution in [0.4, 0.5) is 5.69 Å². The molecule has 0 atom stereocenters. The first kappa shape index (κ1) is 11.5. The van der Waals surface area contributed by atoms with E-state index in [-0.39, 0.29) is 0 Å². The molecule has 3 nitrogen and oxygen atoms in total. The molecule has 0 spiro atoms. The van der Waals surface area contributed by atoms with Gasteiger partial charge in [-0.25, -0.2) is 4.79 Å². The molecule has 3 heteroatoms. The Morgan fingerprint density at radius 3 is 2.35 bits per heavy atom. The van der Waals surface area contributed by atoms with E-state index >= 15 is 0 Å². The van der Waals surface area contributed by atoms with E-state index in [4.69, 9.17) is 0 Å². The lowest BCUT2D eigenvalue weighted by Gasteiger charge is -2.36. The third kappa shape index (κ3) is 2.58. The summed E-state index contributed by atoms with van der Waals surface area (Å²) in [6.07, 6.45) is 1.57. The van der Waals surface area contributed by atoms with Gasteiger partial charge in [-0.05, 0) is 18.2 Å². The van der Waals surface area contributed by atoms with Crippen LogP contribution in [-0.2, 0) is 4.79 Å². The molecule has 1 aliphatic heterocycles. The number of anilines is 1. The van der Waals surface area contributed by atoms with Crippen LogP contribution >= 0.6 is 0 Å². The first-order valence-corrected chi connectivity index (χ1v) is 5.77. The summed E-state index contributed by atoms with van der Waals surface area (Å²) in [5, 5.41) is 0. The number of para-hydroxylation sites is 1. The van der Waals surface area contributed by atoms with Gasteiger partial charge in [0, 0.05) is 31.9 Å². The summed E-state index contributed by atoms with van der Waals surface area (Å²) in [7, 11) is 0. The molecule has 17 heavy (non-hydrogen) atoms. The van der Waals surface area contributed by atoms with Crippen LogP contribution < -0.4 is 4.90 Å². The first-order chi connectivity index (χ1) is 8.35. The monoisotopic (exact) mass is 228 g/mol. The molecule has 0 aromatic heterocycles. The molecule has 0 unspecified atom stereocenters. The van der Waals surface area contributed by atoms with Crippen LogP contribution in [0.5, 0.6) is 0 Å². The van der Waals surface area contributed by atoms with E-state index in [1.807, 2.05) is 29.0 Å². The molecule has 0 radical (unpaired) electrons. The molecule has 1 heterocycles. The molecule has 0 bridgehead atoms. The molecular formula is C14H16N2O. The summed E-state index contributed by atoms with van der Waals surface area (Å²) < 4.78 is 0. The molecule has 0 saturated carbocycles. The highest BCUT2D eigenvalue weighted by Gasteiger charge is 2.17. The standard InChI is InChI=1S/C14H16N2O/c1-2-13(12-17)15-8-10-16(11-9-15)14-6-4-3-5-7-14/h2-7H,1,8-11H2. The minimum Gasteiger partial charge on any atom is -0.368 e. The number of benzene rings is 1. The van der Waals surface area contributed by atoms with E-state index in [1.54, 1.807) is 6.08 Å². The second-order valence-corrected chi connectivity index (χ2v) is 4.00. The van der Waals surface area contributed by atoms with Crippen molar-refractivity contribution in [2.45, 2.75) is 0 Å². The number of allylic oxidation sites excluding steroid dienone is 1. The third-order valence-corrected chi connectivity index (χ3v) is 3.04. The van der Waals surface area contributed by atoms with Crippen molar-refractivity contribution >= 4 is 11.6 Å². The zero-order valence-corrected chi connectivity index (χ0v) is 9.80. The van der Waals surface area contributed by atoms with Gasteiger partial charge in [0.15, 0.2) is 0 Å². The Balaban J connectivity index is 1.99. The topological polar surface area (TPSA) is 23.6 Å². The number of nitrogens with zero attached hydrogens (tertiary/aromatic N) is 2. The summed E-state index contributed by atoms with van der Waals surface area (Å²) >= 11 is 0. The van der Waals surface area contributed by atoms with Gasteiger partial charge < -0.3 is 9.80 Å². The highest BCUT2D eigenvalue weighted by Crippen LogP contribution is 2.16. The van der Waals surface area contributed by atoms with Crippen molar-refractivity contribution in [2.24, 2.45) is 0 Å². The molecule has 1 saturated heterocycles. The number of carbonyl (C=O) groups excluding carboxylic acids is 1. The maximum atomic E-state index is 10.7. The summed E-state index contributed by atoms with van der Waals surface area (Å²) in [6, 6.07) is 10.3. The predicted octanol–water partition coefficient (Wildman–Crippen LogP) is 1.71. The summed E-state index contributed by atoms with van der Waals surface area (Å²) in [5.41, 5.74) is 1.81. The summed E-state index contributed by atoms with van der Waals surface area (Å²) in [4.78, 5) is 15.0. The fourth-order valence-electron chi connectivity index (χ4n) is 2.08. The molecule has 1 fully saturated rings. The van der Waals surface area contributed by atoms with Crippen LogP contribution in [0.15, 0.2) is 48.7 Å². The van der Waals surface area contributed by atoms with Gasteiger partial charge >= 0.3 is 0 Å². The first-order valence-electron chi connectivity index (χ1n) is 5.77. The van der Waals surface area contributed by atoms with Gasteiger partial charge in [0.05, 0.1) is 0 Å². The molecule has 88 valence electrons. The van der Waals surface area contributed by atoms with Gasteiger partial charge in [0.1, 0.15) is 11.6 Å². The Hall–Kier alpha value is -1.99. The minimum absolute atomic E-state index is 0.567. The van der Waals surface area contributed by atoms with Gasteiger partial charge in [0.2, 0.25) is 0 Å². The van der Waals surface area contributed by atoms with E-state index < -0.39 is 0 Å². The van der Waals surface area contributed by atoms with E-state index in [2.05, 4.69) is 23.6 Å². The highest BCUT2D eigenvalue weighted by atomic mass is 16.1. The normalized spacial score (nSPS) is 15.3. The average molecular weight is 228 g/mol. The lowest BCUT2D eigenvalue weighted by Crippen LogP contribution is -2.45. The molecule has 0 N–H and O–H groups in total. The van der Waals surface area contributed by atoms with Gasteiger partial charge in [-0.3, -0.25) is 0 Å². The van der Waals surface area contributed by atoms with Crippen LogP contribution in [0.25, 0.3) is 0 Å². The fraction of sp³-hybridized carbons (Fsp3) is 0.286. The lowest BCUT2D eigenvalue weighted by atomic mass is 10.2. The molecule has 0 amide bonds. The highest BCUT2D eigenvalue weighted by molar-refractivity contribution is 5.56. The number of hydrogen-bond donors (Lipinski definition) is 0. The van der Waals surface area contributed by atoms with Crippen molar-refractivity contribution in [2.75, 3.05) is 31.1 Å². The molecule has 1 aromatic carbocycles. The van der Waals surface area contributed by atoms with Gasteiger partial charge in [-0.15, -0.1) is 0 Å². The largest absolute Gasteiger partial charge is 0.368 e. The Morgan fingerprint density at radius 1 is 1.18 bits per heavy atom. The van der Waals surface area contributed by atoms with Crippen LogP contribution in [0.2, 0.25) is 0 Å². The second-order valence-electron chi connectivity index (χ2n) is 4.00. The Bertz CT molecular complexity index is 427. The SMILES string of the molecule is C=CC(=C=O)N1CCN(c2ccccc2)CC1. The fourth-order valence-corrected chi connectivity index (χ4v) is 2.08. The van der Waals surface area contributed by atoms with Crippen LogP contribution in [0, 0.1) is 0 Å². The smallest absolute Gasteiger partial charge is 0.150 e. The van der Waals surface area contributed by atoms with Crippen molar-refractivity contribution in [3.8, 4) is 0 Å². The second kappa shape index (κ2) is 5.37. The zero-order chi connectivity index (χ0) is 12.1. The summed E-state index contributed by atoms with van der Waals surface area (Å²) in [6.45, 7) is 7.15.